The van der Waals surface area contributed by atoms with Crippen molar-refractivity contribution in [2.45, 2.75) is 39.5 Å². The summed E-state index contributed by atoms with van der Waals surface area (Å²) in [5, 5.41) is 6.54. The molecule has 1 aromatic heterocycles. The van der Waals surface area contributed by atoms with Crippen molar-refractivity contribution in [3.8, 4) is 0 Å². The van der Waals surface area contributed by atoms with Crippen LogP contribution in [0.4, 0.5) is 4.39 Å². The van der Waals surface area contributed by atoms with Crippen molar-refractivity contribution in [2.75, 3.05) is 13.1 Å². The molecule has 0 spiro atoms. The number of amides is 1. The zero-order chi connectivity index (χ0) is 18.7. The van der Waals surface area contributed by atoms with Crippen molar-refractivity contribution >= 4 is 5.91 Å². The smallest absolute Gasteiger partial charge is 0.277 e. The predicted molar refractivity (Wildman–Crippen MR) is 97.7 cm³/mol. The third-order valence-corrected chi connectivity index (χ3v) is 5.08. The molecular formula is C20H24FN3O2. The summed E-state index contributed by atoms with van der Waals surface area (Å²) in [6, 6.07) is 6.50. The molecule has 1 aromatic carbocycles. The molecule has 26 heavy (non-hydrogen) atoms. The Morgan fingerprint density at radius 2 is 2.00 bits per heavy atom. The number of H-pyrrole nitrogens is 1. The first-order chi connectivity index (χ1) is 12.5. The second-order valence-corrected chi connectivity index (χ2v) is 6.80. The molecule has 1 amide bonds. The average Bonchev–Trinajstić information content (AvgIpc) is 3.11. The summed E-state index contributed by atoms with van der Waals surface area (Å²) in [6.45, 7) is 5.15. The molecule has 2 aromatic rings. The first-order valence-corrected chi connectivity index (χ1v) is 9.17. The van der Waals surface area contributed by atoms with Crippen molar-refractivity contribution in [2.24, 2.45) is 5.92 Å². The molecule has 1 N–H and O–H groups in total. The average molecular weight is 357 g/mol. The van der Waals surface area contributed by atoms with Gasteiger partial charge in [-0.2, -0.15) is 5.10 Å². The minimum atomic E-state index is -0.411. The van der Waals surface area contributed by atoms with E-state index in [4.69, 9.17) is 0 Å². The third kappa shape index (κ3) is 3.69. The molecule has 0 aliphatic carbocycles. The Bertz CT molecular complexity index is 845. The summed E-state index contributed by atoms with van der Waals surface area (Å²) in [5.41, 5.74) is 2.42. The number of hydrogen-bond acceptors (Lipinski definition) is 3. The van der Waals surface area contributed by atoms with Crippen LogP contribution < -0.4 is 5.56 Å². The Labute approximate surface area is 152 Å². The van der Waals surface area contributed by atoms with Gasteiger partial charge in [-0.15, -0.1) is 0 Å². The molecule has 138 valence electrons. The van der Waals surface area contributed by atoms with Crippen molar-refractivity contribution in [3.63, 3.8) is 0 Å². The van der Waals surface area contributed by atoms with E-state index >= 15 is 0 Å². The topological polar surface area (TPSA) is 66.1 Å². The summed E-state index contributed by atoms with van der Waals surface area (Å²) >= 11 is 0. The number of nitrogens with zero attached hydrogens (tertiary/aromatic N) is 2. The number of aromatic amines is 1. The number of nitrogens with one attached hydrogen (secondary N) is 1. The largest absolute Gasteiger partial charge is 0.338 e. The van der Waals surface area contributed by atoms with E-state index in [1.54, 1.807) is 17.0 Å². The minimum absolute atomic E-state index is 0.207. The Kier molecular flexibility index (Phi) is 5.49. The van der Waals surface area contributed by atoms with E-state index in [2.05, 4.69) is 10.2 Å². The number of carbonyl (C=O) groups is 1. The number of benzene rings is 1. The lowest BCUT2D eigenvalue weighted by Crippen LogP contribution is -2.35. The van der Waals surface area contributed by atoms with Gasteiger partial charge in [0.2, 0.25) is 0 Å². The highest BCUT2D eigenvalue weighted by atomic mass is 19.1. The Hall–Kier alpha value is -2.50. The van der Waals surface area contributed by atoms with Gasteiger partial charge in [-0.3, -0.25) is 9.59 Å². The van der Waals surface area contributed by atoms with Crippen LogP contribution in [0, 0.1) is 11.7 Å². The highest BCUT2D eigenvalue weighted by Gasteiger charge is 2.30. The van der Waals surface area contributed by atoms with E-state index in [9.17, 15) is 14.0 Å². The molecule has 1 aliphatic rings. The van der Waals surface area contributed by atoms with Gasteiger partial charge in [0, 0.05) is 13.1 Å². The van der Waals surface area contributed by atoms with Gasteiger partial charge in [-0.05, 0) is 54.9 Å². The Morgan fingerprint density at radius 1 is 1.27 bits per heavy atom. The van der Waals surface area contributed by atoms with Crippen molar-refractivity contribution in [3.05, 3.63) is 62.8 Å². The quantitative estimate of drug-likeness (QED) is 0.895. The van der Waals surface area contributed by atoms with E-state index < -0.39 is 5.56 Å². The Balaban J connectivity index is 1.76. The molecule has 2 heterocycles. The molecule has 1 saturated heterocycles. The van der Waals surface area contributed by atoms with Crippen LogP contribution in [0.15, 0.2) is 29.1 Å². The number of rotatable bonds is 5. The number of aryl methyl sites for hydroxylation is 1. The summed E-state index contributed by atoms with van der Waals surface area (Å²) in [4.78, 5) is 27.0. The highest BCUT2D eigenvalue weighted by molar-refractivity contribution is 5.95. The van der Waals surface area contributed by atoms with Gasteiger partial charge in [-0.1, -0.05) is 26.0 Å². The monoisotopic (exact) mass is 357 g/mol. The third-order valence-electron chi connectivity index (χ3n) is 5.08. The van der Waals surface area contributed by atoms with Crippen LogP contribution in [-0.4, -0.2) is 34.1 Å². The SMILES string of the molecule is CCc1n[nH]c(=O)c(C(=O)N2CCC(Cc3ccc(F)cc3)C2)c1CC. The maximum Gasteiger partial charge on any atom is 0.277 e. The van der Waals surface area contributed by atoms with Crippen LogP contribution in [0.2, 0.25) is 0 Å². The molecule has 1 fully saturated rings. The second kappa shape index (κ2) is 7.81. The van der Waals surface area contributed by atoms with Crippen LogP contribution in [0.3, 0.4) is 0 Å². The van der Waals surface area contributed by atoms with Gasteiger partial charge in [0.1, 0.15) is 11.4 Å². The maximum absolute atomic E-state index is 13.0. The fourth-order valence-corrected chi connectivity index (χ4v) is 3.72. The normalized spacial score (nSPS) is 16.9. The van der Waals surface area contributed by atoms with Gasteiger partial charge in [-0.25, -0.2) is 9.49 Å². The molecule has 0 bridgehead atoms. The van der Waals surface area contributed by atoms with E-state index in [1.165, 1.54) is 12.1 Å². The van der Waals surface area contributed by atoms with E-state index in [1.807, 2.05) is 13.8 Å². The number of aromatic nitrogens is 2. The van der Waals surface area contributed by atoms with Crippen molar-refractivity contribution in [1.29, 1.82) is 0 Å². The second-order valence-electron chi connectivity index (χ2n) is 6.80. The van der Waals surface area contributed by atoms with Crippen LogP contribution in [0.5, 0.6) is 0 Å². The first-order valence-electron chi connectivity index (χ1n) is 9.17. The van der Waals surface area contributed by atoms with Gasteiger partial charge in [0.15, 0.2) is 0 Å². The molecular weight excluding hydrogens is 333 g/mol. The number of hydrogen-bond donors (Lipinski definition) is 1. The summed E-state index contributed by atoms with van der Waals surface area (Å²) in [6.07, 6.45) is 2.97. The lowest BCUT2D eigenvalue weighted by atomic mass is 9.99. The first kappa shape index (κ1) is 18.3. The van der Waals surface area contributed by atoms with Crippen molar-refractivity contribution in [1.82, 2.24) is 15.1 Å². The van der Waals surface area contributed by atoms with Gasteiger partial charge >= 0.3 is 0 Å². The molecule has 6 heteroatoms. The zero-order valence-corrected chi connectivity index (χ0v) is 15.2. The lowest BCUT2D eigenvalue weighted by Gasteiger charge is -2.18. The van der Waals surface area contributed by atoms with Crippen LogP contribution >= 0.6 is 0 Å². The van der Waals surface area contributed by atoms with Crippen LogP contribution in [0.1, 0.15) is 47.4 Å². The molecule has 3 rings (SSSR count). The fraction of sp³-hybridized carbons (Fsp3) is 0.450. The maximum atomic E-state index is 13.0. The van der Waals surface area contributed by atoms with Crippen molar-refractivity contribution < 1.29 is 9.18 Å². The summed E-state index contributed by atoms with van der Waals surface area (Å²) in [7, 11) is 0. The molecule has 1 unspecified atom stereocenters. The van der Waals surface area contributed by atoms with Gasteiger partial charge < -0.3 is 4.90 Å². The zero-order valence-electron chi connectivity index (χ0n) is 15.2. The standard InChI is InChI=1S/C20H24FN3O2/c1-3-16-17(4-2)22-23-19(25)18(16)20(26)24-10-9-14(12-24)11-13-5-7-15(21)8-6-13/h5-8,14H,3-4,9-12H2,1-2H3,(H,23,25). The Morgan fingerprint density at radius 3 is 2.65 bits per heavy atom. The lowest BCUT2D eigenvalue weighted by molar-refractivity contribution is 0.0783. The van der Waals surface area contributed by atoms with Gasteiger partial charge in [0.25, 0.3) is 11.5 Å². The number of halogens is 1. The number of likely N-dealkylation sites (tertiary alicyclic amines) is 1. The number of carbonyl (C=O) groups excluding carboxylic acids is 1. The minimum Gasteiger partial charge on any atom is -0.338 e. The highest BCUT2D eigenvalue weighted by Crippen LogP contribution is 2.23. The van der Waals surface area contributed by atoms with E-state index in [-0.39, 0.29) is 17.3 Å². The predicted octanol–water partition coefficient (Wildman–Crippen LogP) is 2.74. The molecule has 1 aliphatic heterocycles. The van der Waals surface area contributed by atoms with E-state index in [0.717, 1.165) is 29.7 Å². The molecule has 5 nitrogen and oxygen atoms in total. The van der Waals surface area contributed by atoms with E-state index in [0.29, 0.717) is 31.8 Å². The molecule has 0 radical (unpaired) electrons. The van der Waals surface area contributed by atoms with Gasteiger partial charge in [0.05, 0.1) is 5.69 Å². The van der Waals surface area contributed by atoms with Crippen LogP contribution in [0.25, 0.3) is 0 Å². The molecule has 1 atom stereocenters. The summed E-state index contributed by atoms with van der Waals surface area (Å²) < 4.78 is 13.0. The van der Waals surface area contributed by atoms with Crippen LogP contribution in [-0.2, 0) is 19.3 Å². The fourth-order valence-electron chi connectivity index (χ4n) is 3.72. The summed E-state index contributed by atoms with van der Waals surface area (Å²) in [5.74, 6) is -0.129. The molecule has 0 saturated carbocycles.